The van der Waals surface area contributed by atoms with Gasteiger partial charge in [0.15, 0.2) is 0 Å². The molecular formula is C20H20FN. The van der Waals surface area contributed by atoms with Gasteiger partial charge < -0.3 is 0 Å². The SMILES string of the molecule is Cc1ccccc1-c1c(C)c(C)c(-c2ccccc2C)n1F. The van der Waals surface area contributed by atoms with Crippen molar-refractivity contribution in [2.24, 2.45) is 0 Å². The summed E-state index contributed by atoms with van der Waals surface area (Å²) in [7, 11) is 0. The number of halogens is 1. The lowest BCUT2D eigenvalue weighted by atomic mass is 10.00. The first-order chi connectivity index (χ1) is 10.5. The van der Waals surface area contributed by atoms with Crippen molar-refractivity contribution in [3.05, 3.63) is 70.8 Å². The van der Waals surface area contributed by atoms with Crippen LogP contribution in [0.4, 0.5) is 4.48 Å². The second kappa shape index (κ2) is 5.45. The number of rotatable bonds is 2. The van der Waals surface area contributed by atoms with E-state index in [0.717, 1.165) is 38.2 Å². The molecule has 2 heteroatoms. The third-order valence-corrected chi connectivity index (χ3v) is 4.47. The van der Waals surface area contributed by atoms with Gasteiger partial charge in [0.2, 0.25) is 0 Å². The lowest BCUT2D eigenvalue weighted by Gasteiger charge is -2.09. The monoisotopic (exact) mass is 293 g/mol. The molecule has 1 aromatic heterocycles. The molecule has 22 heavy (non-hydrogen) atoms. The van der Waals surface area contributed by atoms with Gasteiger partial charge in [0.1, 0.15) is 0 Å². The zero-order chi connectivity index (χ0) is 15.9. The quantitative estimate of drug-likeness (QED) is 0.563. The smallest absolute Gasteiger partial charge is 0.0854 e. The van der Waals surface area contributed by atoms with Gasteiger partial charge in [-0.15, -0.1) is 0 Å². The van der Waals surface area contributed by atoms with Gasteiger partial charge in [-0.05, 0) is 49.9 Å². The first kappa shape index (κ1) is 14.6. The van der Waals surface area contributed by atoms with E-state index in [2.05, 4.69) is 0 Å². The summed E-state index contributed by atoms with van der Waals surface area (Å²) < 4.78 is 15.2. The van der Waals surface area contributed by atoms with E-state index in [1.807, 2.05) is 76.2 Å². The van der Waals surface area contributed by atoms with Gasteiger partial charge in [-0.1, -0.05) is 53.0 Å². The molecule has 3 rings (SSSR count). The van der Waals surface area contributed by atoms with Gasteiger partial charge in [-0.3, -0.25) is 0 Å². The van der Waals surface area contributed by atoms with Crippen LogP contribution in [0.2, 0.25) is 0 Å². The van der Waals surface area contributed by atoms with E-state index >= 15 is 4.48 Å². The first-order valence-electron chi connectivity index (χ1n) is 7.52. The van der Waals surface area contributed by atoms with Crippen molar-refractivity contribution >= 4 is 0 Å². The maximum Gasteiger partial charge on any atom is 0.0854 e. The van der Waals surface area contributed by atoms with E-state index in [-0.39, 0.29) is 0 Å². The van der Waals surface area contributed by atoms with Gasteiger partial charge in [-0.25, -0.2) is 0 Å². The molecule has 1 heterocycles. The average molecular weight is 293 g/mol. The zero-order valence-corrected chi connectivity index (χ0v) is 13.4. The molecule has 112 valence electrons. The van der Waals surface area contributed by atoms with Crippen LogP contribution in [0.3, 0.4) is 0 Å². The highest BCUT2D eigenvalue weighted by Gasteiger charge is 2.21. The summed E-state index contributed by atoms with van der Waals surface area (Å²) in [4.78, 5) is 0.856. The van der Waals surface area contributed by atoms with Crippen LogP contribution in [0.25, 0.3) is 22.5 Å². The molecule has 0 spiro atoms. The molecule has 0 amide bonds. The summed E-state index contributed by atoms with van der Waals surface area (Å²) in [5, 5.41) is 0. The topological polar surface area (TPSA) is 4.93 Å². The number of hydrogen-bond acceptors (Lipinski definition) is 0. The second-order valence-electron chi connectivity index (χ2n) is 5.86. The summed E-state index contributed by atoms with van der Waals surface area (Å²) in [6.45, 7) is 8.03. The molecule has 1 nitrogen and oxygen atoms in total. The molecule has 0 saturated carbocycles. The second-order valence-corrected chi connectivity index (χ2v) is 5.86. The van der Waals surface area contributed by atoms with Gasteiger partial charge in [0, 0.05) is 11.1 Å². The molecule has 0 aliphatic rings. The van der Waals surface area contributed by atoms with Crippen molar-refractivity contribution in [2.75, 3.05) is 0 Å². The Balaban J connectivity index is 2.31. The molecular weight excluding hydrogens is 273 g/mol. The predicted octanol–water partition coefficient (Wildman–Crippen LogP) is 5.79. The minimum absolute atomic E-state index is 0.661. The van der Waals surface area contributed by atoms with Crippen LogP contribution in [-0.4, -0.2) is 4.79 Å². The molecule has 3 aromatic rings. The fourth-order valence-electron chi connectivity index (χ4n) is 3.05. The van der Waals surface area contributed by atoms with Gasteiger partial charge in [-0.2, -0.15) is 4.79 Å². The maximum atomic E-state index is 15.2. The number of aromatic nitrogens is 1. The minimum Gasteiger partial charge on any atom is -0.178 e. The number of nitrogens with zero attached hydrogens (tertiary/aromatic N) is 1. The molecule has 0 radical (unpaired) electrons. The van der Waals surface area contributed by atoms with Crippen molar-refractivity contribution in [3.63, 3.8) is 0 Å². The molecule has 0 aliphatic heterocycles. The van der Waals surface area contributed by atoms with Crippen LogP contribution in [0.1, 0.15) is 22.3 Å². The number of aryl methyl sites for hydroxylation is 2. The minimum atomic E-state index is 0.661. The van der Waals surface area contributed by atoms with Crippen molar-refractivity contribution in [3.8, 4) is 22.5 Å². The van der Waals surface area contributed by atoms with E-state index in [0.29, 0.717) is 11.4 Å². The normalized spacial score (nSPS) is 11.0. The summed E-state index contributed by atoms with van der Waals surface area (Å²) in [6.07, 6.45) is 0. The molecule has 2 aromatic carbocycles. The Morgan fingerprint density at radius 3 is 1.36 bits per heavy atom. The molecule has 0 bridgehead atoms. The molecule has 0 N–H and O–H groups in total. The number of benzene rings is 2. The van der Waals surface area contributed by atoms with Crippen LogP contribution in [0.5, 0.6) is 0 Å². The van der Waals surface area contributed by atoms with Crippen molar-refractivity contribution in [1.82, 2.24) is 4.79 Å². The zero-order valence-electron chi connectivity index (χ0n) is 13.4. The molecule has 0 saturated heterocycles. The van der Waals surface area contributed by atoms with Crippen LogP contribution in [-0.2, 0) is 0 Å². The van der Waals surface area contributed by atoms with Crippen LogP contribution in [0.15, 0.2) is 48.5 Å². The lowest BCUT2D eigenvalue weighted by Crippen LogP contribution is -1.94. The van der Waals surface area contributed by atoms with Gasteiger partial charge >= 0.3 is 0 Å². The Hall–Kier alpha value is -2.35. The predicted molar refractivity (Wildman–Crippen MR) is 90.8 cm³/mol. The van der Waals surface area contributed by atoms with Crippen LogP contribution in [0, 0.1) is 27.7 Å². The molecule has 0 atom stereocenters. The third-order valence-electron chi connectivity index (χ3n) is 4.47. The molecule has 0 fully saturated rings. The summed E-state index contributed by atoms with van der Waals surface area (Å²) in [5.74, 6) is 0. The molecule has 0 unspecified atom stereocenters. The van der Waals surface area contributed by atoms with Crippen molar-refractivity contribution < 1.29 is 4.48 Å². The van der Waals surface area contributed by atoms with Crippen molar-refractivity contribution in [1.29, 1.82) is 0 Å². The Morgan fingerprint density at radius 1 is 0.636 bits per heavy atom. The summed E-state index contributed by atoms with van der Waals surface area (Å²) >= 11 is 0. The van der Waals surface area contributed by atoms with E-state index in [1.54, 1.807) is 0 Å². The summed E-state index contributed by atoms with van der Waals surface area (Å²) in [6, 6.07) is 15.9. The fourth-order valence-corrected chi connectivity index (χ4v) is 3.05. The average Bonchev–Trinajstić information content (AvgIpc) is 2.72. The third kappa shape index (κ3) is 2.16. The van der Waals surface area contributed by atoms with E-state index in [9.17, 15) is 0 Å². The summed E-state index contributed by atoms with van der Waals surface area (Å²) in [5.41, 5.74) is 7.38. The Labute approximate surface area is 131 Å². The Bertz CT molecular complexity index is 774. The van der Waals surface area contributed by atoms with Crippen molar-refractivity contribution in [2.45, 2.75) is 27.7 Å². The van der Waals surface area contributed by atoms with E-state index in [4.69, 9.17) is 0 Å². The highest BCUT2D eigenvalue weighted by Crippen LogP contribution is 2.38. The largest absolute Gasteiger partial charge is 0.178 e. The van der Waals surface area contributed by atoms with Gasteiger partial charge in [0.05, 0.1) is 11.4 Å². The highest BCUT2D eigenvalue weighted by molar-refractivity contribution is 5.78. The highest BCUT2D eigenvalue weighted by atomic mass is 19.2. The Kier molecular flexibility index (Phi) is 3.61. The van der Waals surface area contributed by atoms with E-state index in [1.165, 1.54) is 0 Å². The molecule has 0 aliphatic carbocycles. The van der Waals surface area contributed by atoms with Crippen LogP contribution < -0.4 is 0 Å². The van der Waals surface area contributed by atoms with Gasteiger partial charge in [0.25, 0.3) is 0 Å². The first-order valence-corrected chi connectivity index (χ1v) is 7.52. The van der Waals surface area contributed by atoms with Crippen LogP contribution >= 0.6 is 0 Å². The van der Waals surface area contributed by atoms with E-state index < -0.39 is 0 Å². The maximum absolute atomic E-state index is 15.2. The standard InChI is InChI=1S/C20H20FN/c1-13-9-5-7-11-17(13)19-15(3)16(4)20(22(19)21)18-12-8-6-10-14(18)2/h5-12H,1-4H3. The lowest BCUT2D eigenvalue weighted by molar-refractivity contribution is 0.382. The Morgan fingerprint density at radius 2 is 1.00 bits per heavy atom. The fraction of sp³-hybridized carbons (Fsp3) is 0.200. The number of hydrogen-bond donors (Lipinski definition) is 0.